The monoisotopic (exact) mass is 478 g/mol. The van der Waals surface area contributed by atoms with Crippen LogP contribution in [0.15, 0.2) is 70.7 Å². The molecule has 0 atom stereocenters. The van der Waals surface area contributed by atoms with E-state index in [0.717, 1.165) is 4.73 Å². The van der Waals surface area contributed by atoms with Gasteiger partial charge in [0.1, 0.15) is 22.2 Å². The lowest BCUT2D eigenvalue weighted by atomic mass is 10.2. The van der Waals surface area contributed by atoms with Crippen molar-refractivity contribution in [3.63, 3.8) is 0 Å². The first-order chi connectivity index (χ1) is 15.1. The highest BCUT2D eigenvalue weighted by Crippen LogP contribution is 2.34. The van der Waals surface area contributed by atoms with Gasteiger partial charge in [0, 0.05) is 45.4 Å². The van der Waals surface area contributed by atoms with Crippen LogP contribution in [0, 0.1) is 11.6 Å². The van der Waals surface area contributed by atoms with Crippen LogP contribution < -0.4 is 10.0 Å². The number of benzene rings is 2. The third kappa shape index (κ3) is 4.14. The summed E-state index contributed by atoms with van der Waals surface area (Å²) in [5.41, 5.74) is 0.635. The molecular weight excluding hydrogens is 464 g/mol. The van der Waals surface area contributed by atoms with Crippen molar-refractivity contribution in [2.75, 3.05) is 0 Å². The Morgan fingerprint density at radius 2 is 1.72 bits per heavy atom. The number of nitrogens with zero attached hydrogens (tertiary/aromatic N) is 1. The van der Waals surface area contributed by atoms with Crippen LogP contribution in [0.1, 0.15) is 16.1 Å². The molecule has 0 aliphatic rings. The summed E-state index contributed by atoms with van der Waals surface area (Å²) in [7, 11) is -4.52. The van der Waals surface area contributed by atoms with Crippen LogP contribution >= 0.6 is 11.6 Å². The minimum atomic E-state index is -4.52. The summed E-state index contributed by atoms with van der Waals surface area (Å²) in [6.45, 7) is 0.0316. The summed E-state index contributed by atoms with van der Waals surface area (Å²) in [5.74, 6) is -2.90. The molecule has 2 aromatic heterocycles. The van der Waals surface area contributed by atoms with E-state index in [1.807, 2.05) is 0 Å². The molecule has 0 aliphatic carbocycles. The smallest absolute Gasteiger partial charge is 0.269 e. The van der Waals surface area contributed by atoms with Gasteiger partial charge in [-0.3, -0.25) is 10.0 Å². The lowest BCUT2D eigenvalue weighted by Crippen LogP contribution is -2.29. The number of rotatable bonds is 5. The molecule has 2 heterocycles. The Morgan fingerprint density at radius 1 is 1.06 bits per heavy atom. The molecule has 1 amide bonds. The van der Waals surface area contributed by atoms with Gasteiger partial charge < -0.3 is 10.3 Å². The number of hydrogen-bond acceptors (Lipinski definition) is 4. The first kappa shape index (κ1) is 21.7. The molecule has 0 unspecified atom stereocenters. The average Bonchev–Trinajstić information content (AvgIpc) is 3.12. The lowest BCUT2D eigenvalue weighted by molar-refractivity contribution is -0.904. The van der Waals surface area contributed by atoms with Crippen LogP contribution in [0.25, 0.3) is 10.9 Å². The summed E-state index contributed by atoms with van der Waals surface area (Å²) < 4.78 is 55.0. The van der Waals surface area contributed by atoms with E-state index in [2.05, 4.69) is 10.3 Å². The van der Waals surface area contributed by atoms with Crippen LogP contribution in [0.3, 0.4) is 0 Å². The van der Waals surface area contributed by atoms with Crippen molar-refractivity contribution in [3.05, 3.63) is 88.8 Å². The molecule has 3 N–H and O–H groups in total. The van der Waals surface area contributed by atoms with E-state index >= 15 is 0 Å². The number of carbonyl (C=O) groups is 1. The minimum Gasteiger partial charge on any atom is -0.349 e. The van der Waals surface area contributed by atoms with Gasteiger partial charge in [-0.05, 0) is 35.9 Å². The van der Waals surface area contributed by atoms with E-state index in [1.54, 1.807) is 12.1 Å². The fourth-order valence-corrected chi connectivity index (χ4v) is 5.03. The summed E-state index contributed by atoms with van der Waals surface area (Å²) in [6, 6.07) is 9.37. The number of sulfone groups is 1. The molecule has 11 heteroatoms. The predicted octanol–water partition coefficient (Wildman–Crippen LogP) is 3.39. The van der Waals surface area contributed by atoms with Crippen molar-refractivity contribution in [2.45, 2.75) is 16.3 Å². The van der Waals surface area contributed by atoms with Gasteiger partial charge in [-0.15, -0.1) is 0 Å². The van der Waals surface area contributed by atoms with Crippen molar-refractivity contribution in [2.24, 2.45) is 0 Å². The Morgan fingerprint density at radius 3 is 2.38 bits per heavy atom. The van der Waals surface area contributed by atoms with Gasteiger partial charge in [0.05, 0.1) is 4.90 Å². The zero-order valence-electron chi connectivity index (χ0n) is 16.1. The molecule has 0 saturated carbocycles. The molecule has 4 aromatic rings. The van der Waals surface area contributed by atoms with E-state index in [-0.39, 0.29) is 22.6 Å². The molecule has 2 aromatic carbocycles. The first-order valence-corrected chi connectivity index (χ1v) is 11.0. The van der Waals surface area contributed by atoms with Crippen molar-refractivity contribution < 1.29 is 31.9 Å². The highest BCUT2D eigenvalue weighted by atomic mass is 35.5. The number of halogens is 3. The number of H-pyrrole nitrogens is 1. The van der Waals surface area contributed by atoms with Gasteiger partial charge in [0.25, 0.3) is 5.91 Å². The zero-order valence-corrected chi connectivity index (χ0v) is 17.7. The normalized spacial score (nSPS) is 11.6. The number of carbonyl (C=O) groups excluding carboxylic acids is 1. The van der Waals surface area contributed by atoms with Crippen molar-refractivity contribution in [3.8, 4) is 0 Å². The Hall–Kier alpha value is -3.50. The van der Waals surface area contributed by atoms with Crippen LogP contribution in [0.2, 0.25) is 5.02 Å². The average molecular weight is 479 g/mol. The molecule has 0 bridgehead atoms. The van der Waals surface area contributed by atoms with Gasteiger partial charge >= 0.3 is 0 Å². The fourth-order valence-electron chi connectivity index (χ4n) is 3.22. The zero-order chi connectivity index (χ0) is 23.0. The standard InChI is InChI=1S/C21H14ClF2N3O4S/c22-13-1-2-18-17(7-13)20(32(30,31)16-9-14(23)8-15(24)10-16)19(26-18)21(28)25-11-12-3-5-27(29)6-4-12/h1-10H,11H2,(H2-,25,26,28,29)/p+1. The Kier molecular flexibility index (Phi) is 5.57. The Labute approximate surface area is 185 Å². The largest absolute Gasteiger partial charge is 0.349 e. The molecule has 0 spiro atoms. The van der Waals surface area contributed by atoms with E-state index < -0.39 is 37.2 Å². The van der Waals surface area contributed by atoms with E-state index in [0.29, 0.717) is 29.3 Å². The van der Waals surface area contributed by atoms with E-state index in [1.165, 1.54) is 30.6 Å². The molecule has 0 saturated heterocycles. The quantitative estimate of drug-likeness (QED) is 0.302. The van der Waals surface area contributed by atoms with Gasteiger partial charge in [-0.25, -0.2) is 17.2 Å². The summed E-state index contributed by atoms with van der Waals surface area (Å²) in [5, 5.41) is 12.2. The fraction of sp³-hybridized carbons (Fsp3) is 0.0476. The second kappa shape index (κ2) is 8.21. The van der Waals surface area contributed by atoms with Crippen molar-refractivity contribution in [1.82, 2.24) is 10.3 Å². The third-order valence-corrected chi connectivity index (χ3v) is 6.74. The minimum absolute atomic E-state index is 0.0316. The van der Waals surface area contributed by atoms with Gasteiger partial charge in [-0.2, -0.15) is 0 Å². The van der Waals surface area contributed by atoms with Crippen molar-refractivity contribution in [1.29, 1.82) is 0 Å². The maximum absolute atomic E-state index is 13.7. The molecule has 0 radical (unpaired) electrons. The number of fused-ring (bicyclic) bond motifs is 1. The highest BCUT2D eigenvalue weighted by Gasteiger charge is 2.30. The van der Waals surface area contributed by atoms with Gasteiger partial charge in [-0.1, -0.05) is 11.6 Å². The molecule has 32 heavy (non-hydrogen) atoms. The number of aromatic amines is 1. The third-order valence-electron chi connectivity index (χ3n) is 4.69. The molecule has 164 valence electrons. The number of pyridine rings is 1. The topological polar surface area (TPSA) is 103 Å². The molecule has 0 aliphatic heterocycles. The summed E-state index contributed by atoms with van der Waals surface area (Å²) in [6.07, 6.45) is 2.72. The summed E-state index contributed by atoms with van der Waals surface area (Å²) in [4.78, 5) is 14.6. The van der Waals surface area contributed by atoms with E-state index in [9.17, 15) is 27.2 Å². The highest BCUT2D eigenvalue weighted by molar-refractivity contribution is 7.91. The maximum atomic E-state index is 13.7. The second-order valence-electron chi connectivity index (χ2n) is 6.90. The number of aromatic nitrogens is 2. The number of nitrogens with one attached hydrogen (secondary N) is 2. The number of amides is 1. The van der Waals surface area contributed by atoms with Crippen LogP contribution in [0.4, 0.5) is 8.78 Å². The molecule has 7 nitrogen and oxygen atoms in total. The van der Waals surface area contributed by atoms with Gasteiger partial charge in [0.15, 0.2) is 0 Å². The molecule has 0 fully saturated rings. The number of hydrogen-bond donors (Lipinski definition) is 3. The van der Waals surface area contributed by atoms with Crippen LogP contribution in [0.5, 0.6) is 0 Å². The SMILES string of the molecule is O=C(NCc1cc[n+](O)cc1)c1[nH]c2ccc(Cl)cc2c1S(=O)(=O)c1cc(F)cc(F)c1. The maximum Gasteiger partial charge on any atom is 0.269 e. The Bertz CT molecular complexity index is 1430. The van der Waals surface area contributed by atoms with Crippen LogP contribution in [-0.2, 0) is 16.4 Å². The van der Waals surface area contributed by atoms with Gasteiger partial charge in [0.2, 0.25) is 22.2 Å². The van der Waals surface area contributed by atoms with Crippen LogP contribution in [-0.4, -0.2) is 24.5 Å². The first-order valence-electron chi connectivity index (χ1n) is 9.15. The predicted molar refractivity (Wildman–Crippen MR) is 110 cm³/mol. The lowest BCUT2D eigenvalue weighted by Gasteiger charge is -2.09. The second-order valence-corrected chi connectivity index (χ2v) is 9.22. The van der Waals surface area contributed by atoms with Crippen molar-refractivity contribution >= 4 is 38.2 Å². The summed E-state index contributed by atoms with van der Waals surface area (Å²) >= 11 is 6.03. The van der Waals surface area contributed by atoms with E-state index in [4.69, 9.17) is 11.6 Å². The molecule has 4 rings (SSSR count). The Balaban J connectivity index is 1.82. The molecular formula is C21H15ClF2N3O4S+.